The van der Waals surface area contributed by atoms with E-state index in [0.717, 1.165) is 6.07 Å². The molecule has 6 nitrogen and oxygen atoms in total. The lowest BCUT2D eigenvalue weighted by molar-refractivity contribution is -0.385. The maximum atomic E-state index is 11.3. The molecule has 0 fully saturated rings. The van der Waals surface area contributed by atoms with Crippen molar-refractivity contribution in [2.45, 2.75) is 6.92 Å². The van der Waals surface area contributed by atoms with Gasteiger partial charge in [0.05, 0.1) is 17.6 Å². The summed E-state index contributed by atoms with van der Waals surface area (Å²) in [7, 11) is 1.17. The molecule has 0 aliphatic heterocycles. The van der Waals surface area contributed by atoms with E-state index in [9.17, 15) is 19.7 Å². The highest BCUT2D eigenvalue weighted by Crippen LogP contribution is 2.23. The summed E-state index contributed by atoms with van der Waals surface area (Å²) in [6.07, 6.45) is 0.443. The topological polar surface area (TPSA) is 86.5 Å². The van der Waals surface area contributed by atoms with E-state index in [1.165, 1.54) is 20.1 Å². The minimum Gasteiger partial charge on any atom is -0.465 e. The van der Waals surface area contributed by atoms with Gasteiger partial charge >= 0.3 is 5.97 Å². The van der Waals surface area contributed by atoms with Gasteiger partial charge in [-0.3, -0.25) is 14.9 Å². The van der Waals surface area contributed by atoms with Crippen LogP contribution in [-0.4, -0.2) is 24.3 Å². The fraction of sp³-hybridized carbons (Fsp3) is 0.200. The van der Waals surface area contributed by atoms with Crippen LogP contribution in [0, 0.1) is 17.0 Å². The zero-order valence-corrected chi connectivity index (χ0v) is 8.72. The minimum absolute atomic E-state index is 0.0267. The molecular weight excluding hydrogens is 214 g/mol. The van der Waals surface area contributed by atoms with E-state index in [1.54, 1.807) is 0 Å². The lowest BCUT2D eigenvalue weighted by atomic mass is 10.0. The Hall–Kier alpha value is -2.24. The molecule has 0 atom stereocenters. The first-order valence-corrected chi connectivity index (χ1v) is 4.33. The molecule has 0 spiro atoms. The molecule has 84 valence electrons. The maximum Gasteiger partial charge on any atom is 0.338 e. The summed E-state index contributed by atoms with van der Waals surface area (Å²) in [6.45, 7) is 1.43. The van der Waals surface area contributed by atoms with Crippen LogP contribution in [0.15, 0.2) is 12.1 Å². The van der Waals surface area contributed by atoms with Crippen LogP contribution in [0.2, 0.25) is 0 Å². The number of carbonyl (C=O) groups is 2. The fourth-order valence-electron chi connectivity index (χ4n) is 1.30. The number of methoxy groups -OCH3 is 1. The molecule has 0 amide bonds. The Morgan fingerprint density at radius 1 is 1.50 bits per heavy atom. The summed E-state index contributed by atoms with van der Waals surface area (Å²) in [5, 5.41) is 10.7. The number of ether oxygens (including phenoxy) is 1. The van der Waals surface area contributed by atoms with Gasteiger partial charge in [-0.2, -0.15) is 0 Å². The predicted molar refractivity (Wildman–Crippen MR) is 54.6 cm³/mol. The van der Waals surface area contributed by atoms with Crippen molar-refractivity contribution in [3.8, 4) is 0 Å². The van der Waals surface area contributed by atoms with Gasteiger partial charge in [-0.15, -0.1) is 0 Å². The van der Waals surface area contributed by atoms with Gasteiger partial charge < -0.3 is 4.74 Å². The number of benzene rings is 1. The molecule has 16 heavy (non-hydrogen) atoms. The smallest absolute Gasteiger partial charge is 0.338 e. The van der Waals surface area contributed by atoms with Crippen LogP contribution in [0.3, 0.4) is 0 Å². The lowest BCUT2D eigenvalue weighted by Gasteiger charge is -2.05. The third-order valence-corrected chi connectivity index (χ3v) is 2.14. The molecule has 1 aromatic rings. The van der Waals surface area contributed by atoms with Crippen LogP contribution in [0.1, 0.15) is 26.3 Å². The maximum absolute atomic E-state index is 11.3. The summed E-state index contributed by atoms with van der Waals surface area (Å²) in [4.78, 5) is 31.9. The number of aldehydes is 1. The average Bonchev–Trinajstić information content (AvgIpc) is 2.28. The Bertz CT molecular complexity index is 467. The number of esters is 1. The highest BCUT2D eigenvalue weighted by Gasteiger charge is 2.20. The minimum atomic E-state index is -0.704. The molecule has 1 aromatic carbocycles. The second-order valence-electron chi connectivity index (χ2n) is 3.08. The van der Waals surface area contributed by atoms with Gasteiger partial charge in [0.1, 0.15) is 6.29 Å². The van der Waals surface area contributed by atoms with E-state index in [4.69, 9.17) is 0 Å². The average molecular weight is 223 g/mol. The first kappa shape index (κ1) is 11.8. The third kappa shape index (κ3) is 2.05. The summed E-state index contributed by atoms with van der Waals surface area (Å²) >= 11 is 0. The number of nitro benzene ring substituents is 1. The molecule has 1 rings (SSSR count). The van der Waals surface area contributed by atoms with Crippen molar-refractivity contribution in [2.24, 2.45) is 0 Å². The molecule has 0 aliphatic carbocycles. The molecule has 6 heteroatoms. The van der Waals surface area contributed by atoms with E-state index in [0.29, 0.717) is 6.29 Å². The van der Waals surface area contributed by atoms with Gasteiger partial charge in [0.25, 0.3) is 5.69 Å². The van der Waals surface area contributed by atoms with Crippen LogP contribution in [-0.2, 0) is 4.74 Å². The number of hydrogen-bond donors (Lipinski definition) is 0. The van der Waals surface area contributed by atoms with Crippen molar-refractivity contribution in [2.75, 3.05) is 7.11 Å². The molecule has 0 radical (unpaired) electrons. The number of hydrogen-bond acceptors (Lipinski definition) is 5. The van der Waals surface area contributed by atoms with Crippen LogP contribution in [0.4, 0.5) is 5.69 Å². The highest BCUT2D eigenvalue weighted by molar-refractivity contribution is 5.94. The number of nitrogens with zero attached hydrogens (tertiary/aromatic N) is 1. The fourth-order valence-corrected chi connectivity index (χ4v) is 1.30. The standard InChI is InChI=1S/C10H9NO5/c1-6-8(10(13)16-2)3-7(5-12)4-9(6)11(14)15/h3-5H,1-2H3. The van der Waals surface area contributed by atoms with Crippen molar-refractivity contribution in [3.05, 3.63) is 38.9 Å². The quantitative estimate of drug-likeness (QED) is 0.335. The Balaban J connectivity index is 3.48. The van der Waals surface area contributed by atoms with Crippen molar-refractivity contribution < 1.29 is 19.2 Å². The third-order valence-electron chi connectivity index (χ3n) is 2.14. The second kappa shape index (κ2) is 4.52. The van der Waals surface area contributed by atoms with Crippen LogP contribution >= 0.6 is 0 Å². The SMILES string of the molecule is COC(=O)c1cc(C=O)cc([N+](=O)[O-])c1C. The Morgan fingerprint density at radius 2 is 2.12 bits per heavy atom. The van der Waals surface area contributed by atoms with E-state index in [1.807, 2.05) is 0 Å². The van der Waals surface area contributed by atoms with Gasteiger partial charge in [0.2, 0.25) is 0 Å². The van der Waals surface area contributed by atoms with Gasteiger partial charge in [0.15, 0.2) is 0 Å². The van der Waals surface area contributed by atoms with Crippen molar-refractivity contribution in [3.63, 3.8) is 0 Å². The van der Waals surface area contributed by atoms with Crippen molar-refractivity contribution in [1.82, 2.24) is 0 Å². The van der Waals surface area contributed by atoms with E-state index in [2.05, 4.69) is 4.74 Å². The van der Waals surface area contributed by atoms with Gasteiger partial charge in [-0.1, -0.05) is 0 Å². The molecular formula is C10H9NO5. The Morgan fingerprint density at radius 3 is 2.56 bits per heavy atom. The summed E-state index contributed by atoms with van der Waals surface area (Å²) in [5.74, 6) is -0.704. The lowest BCUT2D eigenvalue weighted by Crippen LogP contribution is -2.07. The zero-order chi connectivity index (χ0) is 12.3. The number of carbonyl (C=O) groups excluding carboxylic acids is 2. The highest BCUT2D eigenvalue weighted by atomic mass is 16.6. The molecule has 0 unspecified atom stereocenters. The first-order chi connectivity index (χ1) is 7.51. The number of nitro groups is 1. The van der Waals surface area contributed by atoms with Crippen LogP contribution in [0.5, 0.6) is 0 Å². The van der Waals surface area contributed by atoms with E-state index in [-0.39, 0.29) is 22.4 Å². The van der Waals surface area contributed by atoms with Gasteiger partial charge in [0, 0.05) is 17.2 Å². The summed E-state index contributed by atoms with van der Waals surface area (Å²) in [6, 6.07) is 2.38. The molecule has 0 aromatic heterocycles. The molecule has 0 aliphatic rings. The van der Waals surface area contributed by atoms with Crippen molar-refractivity contribution >= 4 is 17.9 Å². The van der Waals surface area contributed by atoms with Gasteiger partial charge in [-0.25, -0.2) is 4.79 Å². The molecule has 0 saturated carbocycles. The largest absolute Gasteiger partial charge is 0.465 e. The van der Waals surface area contributed by atoms with E-state index >= 15 is 0 Å². The monoisotopic (exact) mass is 223 g/mol. The Labute approximate surface area is 91.0 Å². The summed E-state index contributed by atoms with van der Waals surface area (Å²) in [5.41, 5.74) is 0.00366. The molecule has 0 heterocycles. The normalized spacial score (nSPS) is 9.62. The van der Waals surface area contributed by atoms with Crippen LogP contribution in [0.25, 0.3) is 0 Å². The van der Waals surface area contributed by atoms with E-state index < -0.39 is 10.9 Å². The predicted octanol–water partition coefficient (Wildman–Crippen LogP) is 1.50. The summed E-state index contributed by atoms with van der Waals surface area (Å²) < 4.78 is 4.47. The molecule has 0 N–H and O–H groups in total. The Kier molecular flexibility index (Phi) is 3.34. The second-order valence-corrected chi connectivity index (χ2v) is 3.08. The zero-order valence-electron chi connectivity index (χ0n) is 8.72. The molecule has 0 bridgehead atoms. The molecule has 0 saturated heterocycles. The van der Waals surface area contributed by atoms with Crippen LogP contribution < -0.4 is 0 Å². The van der Waals surface area contributed by atoms with Crippen molar-refractivity contribution in [1.29, 1.82) is 0 Å². The number of rotatable bonds is 3. The van der Waals surface area contributed by atoms with Gasteiger partial charge in [-0.05, 0) is 13.0 Å². The first-order valence-electron chi connectivity index (χ1n) is 4.33.